The molecule has 1 rings (SSSR count). The average molecular weight is 181 g/mol. The summed E-state index contributed by atoms with van der Waals surface area (Å²) in [6, 6.07) is 0.461. The third-order valence-corrected chi connectivity index (χ3v) is 2.64. The molecule has 0 radical (unpaired) electrons. The van der Waals surface area contributed by atoms with E-state index in [1.165, 1.54) is 32.1 Å². The quantitative estimate of drug-likeness (QED) is 0.641. The number of amides is 1. The molecule has 0 atom stereocenters. The van der Waals surface area contributed by atoms with Crippen molar-refractivity contribution in [3.63, 3.8) is 0 Å². The van der Waals surface area contributed by atoms with Gasteiger partial charge >= 0.3 is 0 Å². The summed E-state index contributed by atoms with van der Waals surface area (Å²) < 4.78 is 0. The van der Waals surface area contributed by atoms with Gasteiger partial charge in [0.05, 0.1) is 0 Å². The van der Waals surface area contributed by atoms with Gasteiger partial charge < -0.3 is 4.90 Å². The summed E-state index contributed by atoms with van der Waals surface area (Å²) in [6.45, 7) is 3.60. The second-order valence-electron chi connectivity index (χ2n) is 3.70. The van der Waals surface area contributed by atoms with Crippen molar-refractivity contribution in [3.8, 4) is 0 Å². The van der Waals surface area contributed by atoms with Crippen molar-refractivity contribution in [2.45, 2.75) is 52.0 Å². The number of rotatable bonds is 2. The topological polar surface area (TPSA) is 20.3 Å². The van der Waals surface area contributed by atoms with Crippen molar-refractivity contribution in [2.75, 3.05) is 0 Å². The SMILES string of the molecule is C/C=C/N(C(C)=O)C1CCCCC1. The number of hydrogen-bond acceptors (Lipinski definition) is 1. The Labute approximate surface area is 80.6 Å². The Morgan fingerprint density at radius 1 is 1.31 bits per heavy atom. The third kappa shape index (κ3) is 2.87. The van der Waals surface area contributed by atoms with Crippen LogP contribution in [0.5, 0.6) is 0 Å². The molecule has 1 aliphatic rings. The Morgan fingerprint density at radius 2 is 1.92 bits per heavy atom. The molecule has 2 heteroatoms. The maximum atomic E-state index is 11.3. The van der Waals surface area contributed by atoms with E-state index < -0.39 is 0 Å². The largest absolute Gasteiger partial charge is 0.317 e. The van der Waals surface area contributed by atoms with Gasteiger partial charge in [0.25, 0.3) is 0 Å². The Morgan fingerprint density at radius 3 is 2.38 bits per heavy atom. The predicted octanol–water partition coefficient (Wildman–Crippen LogP) is 2.70. The predicted molar refractivity (Wildman–Crippen MR) is 54.2 cm³/mol. The normalized spacial score (nSPS) is 19.2. The molecule has 0 aromatic heterocycles. The summed E-state index contributed by atoms with van der Waals surface area (Å²) in [5, 5.41) is 0. The minimum atomic E-state index is 0.171. The van der Waals surface area contributed by atoms with E-state index in [1.54, 1.807) is 6.92 Å². The second kappa shape index (κ2) is 5.05. The first-order valence-electron chi connectivity index (χ1n) is 5.17. The van der Waals surface area contributed by atoms with Gasteiger partial charge in [-0.25, -0.2) is 0 Å². The van der Waals surface area contributed by atoms with Crippen LogP contribution in [0.25, 0.3) is 0 Å². The Kier molecular flexibility index (Phi) is 4.00. The van der Waals surface area contributed by atoms with Crippen LogP contribution in [0.2, 0.25) is 0 Å². The highest BCUT2D eigenvalue weighted by Gasteiger charge is 2.20. The Balaban J connectivity index is 2.56. The van der Waals surface area contributed by atoms with Gasteiger partial charge in [0, 0.05) is 19.2 Å². The minimum Gasteiger partial charge on any atom is -0.317 e. The van der Waals surface area contributed by atoms with Crippen LogP contribution in [-0.2, 0) is 4.79 Å². The first-order chi connectivity index (χ1) is 6.25. The summed E-state index contributed by atoms with van der Waals surface area (Å²) in [5.41, 5.74) is 0. The second-order valence-corrected chi connectivity index (χ2v) is 3.70. The van der Waals surface area contributed by atoms with Gasteiger partial charge in [-0.05, 0) is 19.8 Å². The fraction of sp³-hybridized carbons (Fsp3) is 0.727. The molecular formula is C11H19NO. The lowest BCUT2D eigenvalue weighted by atomic mass is 9.94. The maximum absolute atomic E-state index is 11.3. The van der Waals surface area contributed by atoms with Crippen molar-refractivity contribution in [2.24, 2.45) is 0 Å². The minimum absolute atomic E-state index is 0.171. The van der Waals surface area contributed by atoms with Gasteiger partial charge in [-0.15, -0.1) is 0 Å². The molecule has 0 unspecified atom stereocenters. The van der Waals surface area contributed by atoms with Gasteiger partial charge in [-0.2, -0.15) is 0 Å². The summed E-state index contributed by atoms with van der Waals surface area (Å²) in [7, 11) is 0. The number of allylic oxidation sites excluding steroid dienone is 1. The van der Waals surface area contributed by atoms with Crippen LogP contribution in [0.1, 0.15) is 46.0 Å². The van der Waals surface area contributed by atoms with Crippen molar-refractivity contribution >= 4 is 5.91 Å². The molecule has 0 aliphatic heterocycles. The van der Waals surface area contributed by atoms with Gasteiger partial charge in [0.2, 0.25) is 5.91 Å². The fourth-order valence-electron chi connectivity index (χ4n) is 2.00. The third-order valence-electron chi connectivity index (χ3n) is 2.64. The van der Waals surface area contributed by atoms with Crippen molar-refractivity contribution < 1.29 is 4.79 Å². The lowest BCUT2D eigenvalue weighted by Gasteiger charge is -2.30. The van der Waals surface area contributed by atoms with Gasteiger partial charge in [-0.1, -0.05) is 25.3 Å². The molecule has 0 bridgehead atoms. The van der Waals surface area contributed by atoms with E-state index in [4.69, 9.17) is 0 Å². The summed E-state index contributed by atoms with van der Waals surface area (Å²) in [6.07, 6.45) is 10.1. The standard InChI is InChI=1S/C11H19NO/c1-3-9-12(10(2)13)11-7-5-4-6-8-11/h3,9,11H,4-8H2,1-2H3/b9-3+. The number of hydrogen-bond donors (Lipinski definition) is 0. The van der Waals surface area contributed by atoms with E-state index in [9.17, 15) is 4.79 Å². The number of carbonyl (C=O) groups excluding carboxylic acids is 1. The zero-order valence-corrected chi connectivity index (χ0v) is 8.62. The van der Waals surface area contributed by atoms with Crippen LogP contribution in [0.4, 0.5) is 0 Å². The van der Waals surface area contributed by atoms with Crippen LogP contribution in [0.15, 0.2) is 12.3 Å². The summed E-state index contributed by atoms with van der Waals surface area (Å²) >= 11 is 0. The number of carbonyl (C=O) groups is 1. The van der Waals surface area contributed by atoms with Gasteiger partial charge in [0.1, 0.15) is 0 Å². The summed E-state index contributed by atoms with van der Waals surface area (Å²) in [4.78, 5) is 13.2. The molecule has 2 nitrogen and oxygen atoms in total. The highest BCUT2D eigenvalue weighted by atomic mass is 16.2. The molecule has 74 valence electrons. The van der Waals surface area contributed by atoms with E-state index in [0.29, 0.717) is 6.04 Å². The molecule has 1 saturated carbocycles. The fourth-order valence-corrected chi connectivity index (χ4v) is 2.00. The number of nitrogens with zero attached hydrogens (tertiary/aromatic N) is 1. The molecule has 0 aromatic carbocycles. The molecule has 13 heavy (non-hydrogen) atoms. The molecule has 0 aromatic rings. The first kappa shape index (κ1) is 10.3. The highest BCUT2D eigenvalue weighted by Crippen LogP contribution is 2.22. The van der Waals surface area contributed by atoms with E-state index in [0.717, 1.165) is 0 Å². The van der Waals surface area contributed by atoms with E-state index in [2.05, 4.69) is 0 Å². The lowest BCUT2D eigenvalue weighted by molar-refractivity contribution is -0.128. The van der Waals surface area contributed by atoms with Crippen molar-refractivity contribution in [3.05, 3.63) is 12.3 Å². The van der Waals surface area contributed by atoms with Crippen molar-refractivity contribution in [1.29, 1.82) is 0 Å². The lowest BCUT2D eigenvalue weighted by Crippen LogP contribution is -2.35. The van der Waals surface area contributed by atoms with E-state index >= 15 is 0 Å². The molecule has 1 fully saturated rings. The van der Waals surface area contributed by atoms with Gasteiger partial charge in [-0.3, -0.25) is 4.79 Å². The molecule has 0 N–H and O–H groups in total. The molecule has 1 aliphatic carbocycles. The van der Waals surface area contributed by atoms with Gasteiger partial charge in [0.15, 0.2) is 0 Å². The zero-order chi connectivity index (χ0) is 9.68. The van der Waals surface area contributed by atoms with Crippen LogP contribution in [-0.4, -0.2) is 16.8 Å². The maximum Gasteiger partial charge on any atom is 0.223 e. The smallest absolute Gasteiger partial charge is 0.223 e. The first-order valence-corrected chi connectivity index (χ1v) is 5.17. The zero-order valence-electron chi connectivity index (χ0n) is 8.62. The van der Waals surface area contributed by atoms with E-state index in [1.807, 2.05) is 24.1 Å². The Bertz CT molecular complexity index is 192. The monoisotopic (exact) mass is 181 g/mol. The molecule has 0 heterocycles. The molecule has 1 amide bonds. The average Bonchev–Trinajstić information content (AvgIpc) is 2.15. The molecular weight excluding hydrogens is 162 g/mol. The molecule has 0 saturated heterocycles. The van der Waals surface area contributed by atoms with Crippen LogP contribution in [0, 0.1) is 0 Å². The summed E-state index contributed by atoms with van der Waals surface area (Å²) in [5.74, 6) is 0.171. The molecule has 0 spiro atoms. The van der Waals surface area contributed by atoms with Crippen LogP contribution < -0.4 is 0 Å². The van der Waals surface area contributed by atoms with Crippen LogP contribution >= 0.6 is 0 Å². The highest BCUT2D eigenvalue weighted by molar-refractivity contribution is 5.74. The van der Waals surface area contributed by atoms with Crippen molar-refractivity contribution in [1.82, 2.24) is 4.90 Å². The van der Waals surface area contributed by atoms with Crippen LogP contribution in [0.3, 0.4) is 0 Å². The van der Waals surface area contributed by atoms with E-state index in [-0.39, 0.29) is 5.91 Å². The Hall–Kier alpha value is -0.790.